The molecule has 0 aliphatic carbocycles. The second-order valence-corrected chi connectivity index (χ2v) is 9.55. The van der Waals surface area contributed by atoms with Crippen molar-refractivity contribution in [2.45, 2.75) is 65.1 Å². The lowest BCUT2D eigenvalue weighted by Crippen LogP contribution is -2.40. The molecule has 2 atom stereocenters. The van der Waals surface area contributed by atoms with Gasteiger partial charge in [-0.3, -0.25) is 9.69 Å². The molecule has 3 aromatic rings. The Morgan fingerprint density at radius 3 is 2.69 bits per heavy atom. The number of hydrogen-bond donors (Lipinski definition) is 1. The number of nitrogens with zero attached hydrogens (tertiary/aromatic N) is 5. The predicted octanol–water partition coefficient (Wildman–Crippen LogP) is 3.13. The van der Waals surface area contributed by atoms with Crippen LogP contribution in [-0.2, 0) is 11.3 Å². The molecule has 2 fully saturated rings. The molecule has 8 heteroatoms. The van der Waals surface area contributed by atoms with E-state index in [0.717, 1.165) is 62.1 Å². The minimum atomic E-state index is -0.284. The van der Waals surface area contributed by atoms with E-state index in [1.165, 1.54) is 11.1 Å². The van der Waals surface area contributed by atoms with Gasteiger partial charge in [-0.2, -0.15) is 0 Å². The number of benzene rings is 1. The molecule has 170 valence electrons. The number of nitrogens with one attached hydrogen (secondary N) is 1. The fraction of sp³-hybridized carbons (Fsp3) is 0.583. The monoisotopic (exact) mass is 436 g/mol. The molecule has 0 unspecified atom stereocenters. The van der Waals surface area contributed by atoms with Crippen molar-refractivity contribution in [2.24, 2.45) is 5.92 Å². The second-order valence-electron chi connectivity index (χ2n) is 9.55. The number of aromatic nitrogens is 5. The van der Waals surface area contributed by atoms with Gasteiger partial charge in [0, 0.05) is 17.7 Å². The van der Waals surface area contributed by atoms with Gasteiger partial charge in [0.1, 0.15) is 6.04 Å². The first-order chi connectivity index (χ1) is 15.5. The lowest BCUT2D eigenvalue weighted by Gasteiger charge is -2.36. The highest BCUT2D eigenvalue weighted by atomic mass is 16.5. The van der Waals surface area contributed by atoms with E-state index in [-0.39, 0.29) is 17.7 Å². The van der Waals surface area contributed by atoms with Crippen molar-refractivity contribution < 1.29 is 4.74 Å². The SMILES string of the molecule is Cc1cc2cc([C@H](c3nnnn3C[C@H]3CCCO3)N3CCC(C)CC3)c(=O)[nH]c2cc1C. The highest BCUT2D eigenvalue weighted by Crippen LogP contribution is 2.31. The Balaban J connectivity index is 1.60. The smallest absolute Gasteiger partial charge is 0.253 e. The van der Waals surface area contributed by atoms with E-state index in [2.05, 4.69) is 58.3 Å². The molecule has 4 heterocycles. The van der Waals surface area contributed by atoms with E-state index < -0.39 is 0 Å². The van der Waals surface area contributed by atoms with Crippen LogP contribution in [0.3, 0.4) is 0 Å². The minimum Gasteiger partial charge on any atom is -0.376 e. The number of aromatic amines is 1. The molecule has 1 aromatic carbocycles. The van der Waals surface area contributed by atoms with E-state index in [0.29, 0.717) is 18.0 Å². The Bertz CT molecular complexity index is 1150. The van der Waals surface area contributed by atoms with E-state index >= 15 is 0 Å². The van der Waals surface area contributed by atoms with Crippen molar-refractivity contribution in [3.05, 3.63) is 51.1 Å². The number of tetrazole rings is 1. The van der Waals surface area contributed by atoms with Crippen molar-refractivity contribution in [2.75, 3.05) is 19.7 Å². The summed E-state index contributed by atoms with van der Waals surface area (Å²) in [4.78, 5) is 18.8. The molecule has 32 heavy (non-hydrogen) atoms. The van der Waals surface area contributed by atoms with Gasteiger partial charge in [-0.05, 0) is 104 Å². The van der Waals surface area contributed by atoms with Crippen molar-refractivity contribution in [3.8, 4) is 0 Å². The zero-order valence-electron chi connectivity index (χ0n) is 19.2. The minimum absolute atomic E-state index is 0.0731. The second kappa shape index (κ2) is 8.75. The summed E-state index contributed by atoms with van der Waals surface area (Å²) in [6.45, 7) is 9.71. The van der Waals surface area contributed by atoms with Crippen molar-refractivity contribution in [3.63, 3.8) is 0 Å². The summed E-state index contributed by atoms with van der Waals surface area (Å²) in [5, 5.41) is 13.8. The van der Waals surface area contributed by atoms with Crippen molar-refractivity contribution in [1.29, 1.82) is 0 Å². The van der Waals surface area contributed by atoms with Gasteiger partial charge in [-0.1, -0.05) is 6.92 Å². The normalized spacial score (nSPS) is 21.4. The molecule has 1 N–H and O–H groups in total. The molecule has 2 aliphatic rings. The maximum absolute atomic E-state index is 13.3. The van der Waals surface area contributed by atoms with Crippen LogP contribution < -0.4 is 5.56 Å². The Labute approximate surface area is 188 Å². The quantitative estimate of drug-likeness (QED) is 0.661. The zero-order valence-corrected chi connectivity index (χ0v) is 19.2. The van der Waals surface area contributed by atoms with Gasteiger partial charge in [0.2, 0.25) is 0 Å². The van der Waals surface area contributed by atoms with E-state index in [1.54, 1.807) is 0 Å². The van der Waals surface area contributed by atoms with Crippen LogP contribution in [0.25, 0.3) is 10.9 Å². The van der Waals surface area contributed by atoms with Crippen molar-refractivity contribution in [1.82, 2.24) is 30.1 Å². The molecule has 0 saturated carbocycles. The number of hydrogen-bond acceptors (Lipinski definition) is 6. The molecule has 0 bridgehead atoms. The average Bonchev–Trinajstić information content (AvgIpc) is 3.44. The van der Waals surface area contributed by atoms with Gasteiger partial charge in [0.25, 0.3) is 5.56 Å². The highest BCUT2D eigenvalue weighted by Gasteiger charge is 2.33. The number of ether oxygens (including phenoxy) is 1. The summed E-state index contributed by atoms with van der Waals surface area (Å²) in [5.74, 6) is 1.42. The summed E-state index contributed by atoms with van der Waals surface area (Å²) in [5.41, 5.74) is 3.88. The molecule has 2 aromatic heterocycles. The predicted molar refractivity (Wildman–Crippen MR) is 123 cm³/mol. The third-order valence-electron chi connectivity index (χ3n) is 7.17. The Kier molecular flexibility index (Phi) is 5.82. The Hall–Kier alpha value is -2.58. The number of piperidine rings is 1. The molecule has 8 nitrogen and oxygen atoms in total. The summed E-state index contributed by atoms with van der Waals surface area (Å²) in [7, 11) is 0. The topological polar surface area (TPSA) is 88.9 Å². The molecule has 5 rings (SSSR count). The van der Waals surface area contributed by atoms with Crippen molar-refractivity contribution >= 4 is 10.9 Å². The molecule has 0 amide bonds. The molecule has 0 spiro atoms. The van der Waals surface area contributed by atoms with Crippen LogP contribution in [0.4, 0.5) is 0 Å². The first-order valence-corrected chi connectivity index (χ1v) is 11.8. The summed E-state index contributed by atoms with van der Waals surface area (Å²) in [6, 6.07) is 5.95. The van der Waals surface area contributed by atoms with Gasteiger partial charge in [0.05, 0.1) is 12.6 Å². The maximum Gasteiger partial charge on any atom is 0.253 e. The van der Waals surface area contributed by atoms with E-state index in [4.69, 9.17) is 4.74 Å². The maximum atomic E-state index is 13.3. The van der Waals surface area contributed by atoms with Crippen LogP contribution >= 0.6 is 0 Å². The van der Waals surface area contributed by atoms with Gasteiger partial charge >= 0.3 is 0 Å². The number of pyridine rings is 1. The average molecular weight is 437 g/mol. The van der Waals surface area contributed by atoms with Crippen LogP contribution in [0, 0.1) is 19.8 Å². The summed E-state index contributed by atoms with van der Waals surface area (Å²) < 4.78 is 7.68. The molecule has 0 radical (unpaired) electrons. The molecule has 2 aliphatic heterocycles. The highest BCUT2D eigenvalue weighted by molar-refractivity contribution is 5.81. The molecule has 2 saturated heterocycles. The standard InChI is InChI=1S/C24H32N6O2/c1-15-6-8-29(9-7-15)22(23-26-27-28-30(23)14-19-5-4-10-32-19)20-13-18-11-16(2)17(3)12-21(18)25-24(20)31/h11-13,15,19,22H,4-10,14H2,1-3H3,(H,25,31)/t19-,22-/m1/s1. The van der Waals surface area contributed by atoms with Gasteiger partial charge < -0.3 is 9.72 Å². The number of rotatable bonds is 5. The molecular formula is C24H32N6O2. The van der Waals surface area contributed by atoms with Gasteiger partial charge in [0.15, 0.2) is 5.82 Å². The van der Waals surface area contributed by atoms with Crippen LogP contribution in [0.2, 0.25) is 0 Å². The zero-order chi connectivity index (χ0) is 22.2. The number of likely N-dealkylation sites (tertiary alicyclic amines) is 1. The van der Waals surface area contributed by atoms with Crippen LogP contribution in [0.1, 0.15) is 61.2 Å². The Morgan fingerprint density at radius 2 is 1.94 bits per heavy atom. The number of aryl methyl sites for hydroxylation is 2. The van der Waals surface area contributed by atoms with E-state index in [9.17, 15) is 4.79 Å². The largest absolute Gasteiger partial charge is 0.376 e. The Morgan fingerprint density at radius 1 is 1.16 bits per heavy atom. The van der Waals surface area contributed by atoms with E-state index in [1.807, 2.05) is 10.7 Å². The third kappa shape index (κ3) is 4.09. The fourth-order valence-electron chi connectivity index (χ4n) is 5.00. The first-order valence-electron chi connectivity index (χ1n) is 11.8. The summed E-state index contributed by atoms with van der Waals surface area (Å²) >= 11 is 0. The molecular weight excluding hydrogens is 404 g/mol. The first kappa shape index (κ1) is 21.3. The van der Waals surface area contributed by atoms with Crippen LogP contribution in [-0.4, -0.2) is 55.9 Å². The van der Waals surface area contributed by atoms with Gasteiger partial charge in [-0.25, -0.2) is 4.68 Å². The lowest BCUT2D eigenvalue weighted by atomic mass is 9.95. The summed E-state index contributed by atoms with van der Waals surface area (Å²) in [6.07, 6.45) is 4.42. The van der Waals surface area contributed by atoms with Gasteiger partial charge in [-0.15, -0.1) is 5.10 Å². The number of H-pyrrole nitrogens is 1. The lowest BCUT2D eigenvalue weighted by molar-refractivity contribution is 0.0894. The van der Waals surface area contributed by atoms with Crippen LogP contribution in [0.5, 0.6) is 0 Å². The third-order valence-corrected chi connectivity index (χ3v) is 7.17. The fourth-order valence-corrected chi connectivity index (χ4v) is 5.00. The van der Waals surface area contributed by atoms with Crippen LogP contribution in [0.15, 0.2) is 23.0 Å². The number of fused-ring (bicyclic) bond motifs is 1.